The Morgan fingerprint density at radius 3 is 1.22 bits per heavy atom. The largest absolute Gasteiger partial charge is 0.473 e. The second-order valence-electron chi connectivity index (χ2n) is 7.16. The fourth-order valence-corrected chi connectivity index (χ4v) is 6.71. The van der Waals surface area contributed by atoms with E-state index in [9.17, 15) is 0 Å². The first-order valence-electron chi connectivity index (χ1n) is 8.67. The fourth-order valence-electron chi connectivity index (χ4n) is 2.63. The van der Waals surface area contributed by atoms with Crippen molar-refractivity contribution in [1.29, 1.82) is 0 Å². The summed E-state index contributed by atoms with van der Waals surface area (Å²) < 4.78 is 12.8. The zero-order chi connectivity index (χ0) is 17.7. The van der Waals surface area contributed by atoms with Gasteiger partial charge in [-0.2, -0.15) is 0 Å². The maximum Gasteiger partial charge on any atom is 0.129 e. The molecule has 0 unspecified atom stereocenters. The van der Waals surface area contributed by atoms with Gasteiger partial charge in [0.15, 0.2) is 0 Å². The average Bonchev–Trinajstić information content (AvgIpc) is 2.43. The van der Waals surface area contributed by atoms with Crippen molar-refractivity contribution in [1.82, 2.24) is 0 Å². The fraction of sp³-hybridized carbons (Fsp3) is 0.684. The highest BCUT2D eigenvalue weighted by Crippen LogP contribution is 2.51. The van der Waals surface area contributed by atoms with Gasteiger partial charge in [0.05, 0.1) is 16.3 Å². The summed E-state index contributed by atoms with van der Waals surface area (Å²) in [5, 5.41) is 0. The van der Waals surface area contributed by atoms with Crippen LogP contribution in [0, 0.1) is 6.92 Å². The van der Waals surface area contributed by atoms with E-state index in [1.165, 1.54) is 0 Å². The van der Waals surface area contributed by atoms with Gasteiger partial charge in [-0.25, -0.2) is 0 Å². The van der Waals surface area contributed by atoms with Crippen LogP contribution in [0.25, 0.3) is 0 Å². The molecule has 0 atom stereocenters. The first-order valence-corrected chi connectivity index (χ1v) is 11.5. The van der Waals surface area contributed by atoms with Crippen LogP contribution in [0.2, 0.25) is 0 Å². The lowest BCUT2D eigenvalue weighted by atomic mass is 10.2. The highest BCUT2D eigenvalue weighted by Gasteiger charge is 2.23. The molecule has 0 N–H and O–H groups in total. The molecule has 4 heteroatoms. The van der Waals surface area contributed by atoms with Crippen LogP contribution in [-0.4, -0.2) is 22.6 Å². The van der Waals surface area contributed by atoms with E-state index in [-0.39, 0.29) is 0 Å². The second-order valence-corrected chi connectivity index (χ2v) is 13.1. The highest BCUT2D eigenvalue weighted by molar-refractivity contribution is 7.54. The van der Waals surface area contributed by atoms with Gasteiger partial charge in [0.2, 0.25) is 0 Å². The average molecular weight is 356 g/mol. The number of rotatable bonds is 8. The zero-order valence-electron chi connectivity index (χ0n) is 16.3. The molecule has 0 saturated heterocycles. The van der Waals surface area contributed by atoms with E-state index in [1.807, 2.05) is 0 Å². The first kappa shape index (κ1) is 20.7. The van der Waals surface area contributed by atoms with Crippen molar-refractivity contribution in [3.05, 3.63) is 23.8 Å². The minimum absolute atomic E-state index is 0.479. The Hall–Kier alpha value is -0.320. The SMILES string of the molecule is Cc1c(OP(C(C)C)C(C)C)cccc1OP(C(C)C)C(C)C. The maximum atomic E-state index is 6.40. The van der Waals surface area contributed by atoms with E-state index in [2.05, 4.69) is 80.5 Å². The quantitative estimate of drug-likeness (QED) is 0.459. The Labute approximate surface area is 146 Å². The smallest absolute Gasteiger partial charge is 0.129 e. The van der Waals surface area contributed by atoms with Gasteiger partial charge in [0.25, 0.3) is 0 Å². The molecular weight excluding hydrogens is 322 g/mol. The molecule has 1 aromatic rings. The summed E-state index contributed by atoms with van der Waals surface area (Å²) >= 11 is 0. The molecule has 0 bridgehead atoms. The molecule has 0 fully saturated rings. The lowest BCUT2D eigenvalue weighted by molar-refractivity contribution is 0.559. The van der Waals surface area contributed by atoms with E-state index in [0.717, 1.165) is 17.1 Å². The van der Waals surface area contributed by atoms with Crippen LogP contribution in [0.3, 0.4) is 0 Å². The summed E-state index contributed by atoms with van der Waals surface area (Å²) in [5.74, 6) is 1.97. The Morgan fingerprint density at radius 2 is 0.957 bits per heavy atom. The number of hydrogen-bond donors (Lipinski definition) is 0. The van der Waals surface area contributed by atoms with Gasteiger partial charge < -0.3 is 9.05 Å². The molecule has 0 radical (unpaired) electrons. The van der Waals surface area contributed by atoms with Gasteiger partial charge in [-0.15, -0.1) is 0 Å². The van der Waals surface area contributed by atoms with Gasteiger partial charge in [-0.3, -0.25) is 0 Å². The van der Waals surface area contributed by atoms with Crippen molar-refractivity contribution in [2.24, 2.45) is 0 Å². The molecule has 0 heterocycles. The van der Waals surface area contributed by atoms with Gasteiger partial charge in [0, 0.05) is 28.2 Å². The Morgan fingerprint density at radius 1 is 0.652 bits per heavy atom. The van der Waals surface area contributed by atoms with Crippen LogP contribution in [0.4, 0.5) is 0 Å². The number of hydrogen-bond acceptors (Lipinski definition) is 2. The van der Waals surface area contributed by atoms with Crippen molar-refractivity contribution in [2.45, 2.75) is 84.9 Å². The van der Waals surface area contributed by atoms with E-state index in [0.29, 0.717) is 22.6 Å². The summed E-state index contributed by atoms with van der Waals surface area (Å²) in [6.45, 7) is 20.1. The van der Waals surface area contributed by atoms with Crippen LogP contribution < -0.4 is 9.05 Å². The van der Waals surface area contributed by atoms with Crippen molar-refractivity contribution in [3.63, 3.8) is 0 Å². The van der Waals surface area contributed by atoms with Crippen LogP contribution in [0.5, 0.6) is 11.5 Å². The molecule has 0 spiro atoms. The summed E-state index contributed by atoms with van der Waals surface area (Å²) in [7, 11) is -0.958. The van der Waals surface area contributed by atoms with Crippen molar-refractivity contribution >= 4 is 16.3 Å². The lowest BCUT2D eigenvalue weighted by Crippen LogP contribution is -2.10. The van der Waals surface area contributed by atoms with Crippen LogP contribution >= 0.6 is 16.3 Å². The molecule has 23 heavy (non-hydrogen) atoms. The normalized spacial score (nSPS) is 12.3. The first-order chi connectivity index (χ1) is 10.6. The molecular formula is C19H34O2P2. The molecule has 0 aromatic heterocycles. The van der Waals surface area contributed by atoms with Crippen LogP contribution in [0.15, 0.2) is 18.2 Å². The zero-order valence-corrected chi connectivity index (χ0v) is 18.0. The standard InChI is InChI=1S/C19H34O2P2/c1-13(2)22(14(3)4)20-18-11-10-12-19(17(18)9)21-23(15(5)6)16(7)8/h10-16H,1-9H3. The van der Waals surface area contributed by atoms with E-state index < -0.39 is 16.3 Å². The van der Waals surface area contributed by atoms with E-state index in [1.54, 1.807) is 0 Å². The van der Waals surface area contributed by atoms with Gasteiger partial charge in [-0.05, 0) is 19.1 Å². The molecule has 2 nitrogen and oxygen atoms in total. The van der Waals surface area contributed by atoms with Gasteiger partial charge >= 0.3 is 0 Å². The highest BCUT2D eigenvalue weighted by atomic mass is 31.1. The predicted octanol–water partition coefficient (Wildman–Crippen LogP) is 7.18. The Bertz CT molecular complexity index is 428. The minimum Gasteiger partial charge on any atom is -0.473 e. The second kappa shape index (κ2) is 9.24. The Balaban J connectivity index is 3.02. The molecule has 1 rings (SSSR count). The van der Waals surface area contributed by atoms with Gasteiger partial charge in [-0.1, -0.05) is 61.5 Å². The third-order valence-corrected chi connectivity index (χ3v) is 8.56. The summed E-state index contributed by atoms with van der Waals surface area (Å²) in [6, 6.07) is 6.21. The molecule has 1 aromatic carbocycles. The van der Waals surface area contributed by atoms with Crippen LogP contribution in [0.1, 0.15) is 61.0 Å². The summed E-state index contributed by atoms with van der Waals surface area (Å²) in [5.41, 5.74) is 3.35. The monoisotopic (exact) mass is 356 g/mol. The van der Waals surface area contributed by atoms with Crippen molar-refractivity contribution in [2.75, 3.05) is 0 Å². The lowest BCUT2D eigenvalue weighted by Gasteiger charge is -2.29. The molecule has 0 amide bonds. The molecule has 132 valence electrons. The molecule has 0 aliphatic carbocycles. The molecule has 0 aliphatic rings. The van der Waals surface area contributed by atoms with Crippen LogP contribution in [-0.2, 0) is 0 Å². The molecule has 0 saturated carbocycles. The van der Waals surface area contributed by atoms with E-state index in [4.69, 9.17) is 9.05 Å². The third-order valence-electron chi connectivity index (χ3n) is 3.68. The van der Waals surface area contributed by atoms with Gasteiger partial charge in [0.1, 0.15) is 11.5 Å². The third kappa shape index (κ3) is 5.91. The van der Waals surface area contributed by atoms with E-state index >= 15 is 0 Å². The summed E-state index contributed by atoms with van der Waals surface area (Å²) in [4.78, 5) is 0. The molecule has 0 aliphatic heterocycles. The topological polar surface area (TPSA) is 18.5 Å². The summed E-state index contributed by atoms with van der Waals surface area (Å²) in [6.07, 6.45) is 0. The maximum absolute atomic E-state index is 6.40. The van der Waals surface area contributed by atoms with Crippen molar-refractivity contribution in [3.8, 4) is 11.5 Å². The Kier molecular flexibility index (Phi) is 8.32. The minimum atomic E-state index is -0.479. The number of benzene rings is 1. The predicted molar refractivity (Wildman–Crippen MR) is 107 cm³/mol. The van der Waals surface area contributed by atoms with Crippen molar-refractivity contribution < 1.29 is 9.05 Å².